The summed E-state index contributed by atoms with van der Waals surface area (Å²) in [6, 6.07) is 8.68. The predicted octanol–water partition coefficient (Wildman–Crippen LogP) is 3.60. The molecule has 102 valence electrons. The summed E-state index contributed by atoms with van der Waals surface area (Å²) < 4.78 is 0. The van der Waals surface area contributed by atoms with Gasteiger partial charge in [-0.1, -0.05) is 38.3 Å². The van der Waals surface area contributed by atoms with Crippen LogP contribution in [0.5, 0.6) is 0 Å². The predicted molar refractivity (Wildman–Crippen MR) is 81.5 cm³/mol. The largest absolute Gasteiger partial charge is 0.373 e. The van der Waals surface area contributed by atoms with Crippen molar-refractivity contribution in [3.8, 4) is 0 Å². The minimum absolute atomic E-state index is 1.07. The summed E-state index contributed by atoms with van der Waals surface area (Å²) in [5.74, 6) is 0. The summed E-state index contributed by atoms with van der Waals surface area (Å²) in [6.07, 6.45) is 5.35. The molecule has 0 spiro atoms. The first-order valence-electron chi connectivity index (χ1n) is 7.22. The maximum Gasteiger partial charge on any atom is 0.0366 e. The lowest BCUT2D eigenvalue weighted by atomic mass is 10.2. The second kappa shape index (κ2) is 8.98. The Labute approximate surface area is 112 Å². The summed E-state index contributed by atoms with van der Waals surface area (Å²) >= 11 is 0. The molecule has 0 amide bonds. The van der Waals surface area contributed by atoms with E-state index in [1.807, 2.05) is 0 Å². The van der Waals surface area contributed by atoms with Gasteiger partial charge in [-0.2, -0.15) is 0 Å². The number of aryl methyl sites for hydroxylation is 1. The Hall–Kier alpha value is -1.02. The fourth-order valence-corrected chi connectivity index (χ4v) is 2.04. The molecule has 0 aliphatic heterocycles. The van der Waals surface area contributed by atoms with E-state index in [0.29, 0.717) is 0 Å². The molecule has 2 heteroatoms. The van der Waals surface area contributed by atoms with E-state index >= 15 is 0 Å². The van der Waals surface area contributed by atoms with Crippen molar-refractivity contribution in [2.45, 2.75) is 39.5 Å². The van der Waals surface area contributed by atoms with Gasteiger partial charge in [-0.15, -0.1) is 0 Å². The van der Waals surface area contributed by atoms with Gasteiger partial charge in [-0.05, 0) is 37.6 Å². The monoisotopic (exact) mass is 248 g/mol. The van der Waals surface area contributed by atoms with Crippen LogP contribution < -0.4 is 10.2 Å². The molecular weight excluding hydrogens is 220 g/mol. The lowest BCUT2D eigenvalue weighted by molar-refractivity contribution is 0.598. The average Bonchev–Trinajstić information content (AvgIpc) is 2.37. The molecule has 0 atom stereocenters. The van der Waals surface area contributed by atoms with Crippen LogP contribution >= 0.6 is 0 Å². The van der Waals surface area contributed by atoms with Gasteiger partial charge in [0, 0.05) is 25.8 Å². The third-order valence-electron chi connectivity index (χ3n) is 3.27. The molecule has 18 heavy (non-hydrogen) atoms. The van der Waals surface area contributed by atoms with E-state index in [2.05, 4.69) is 55.4 Å². The number of hydrogen-bond acceptors (Lipinski definition) is 2. The first kappa shape index (κ1) is 15.0. The maximum atomic E-state index is 3.52. The molecule has 1 N–H and O–H groups in total. The van der Waals surface area contributed by atoms with Crippen LogP contribution in [0.25, 0.3) is 0 Å². The van der Waals surface area contributed by atoms with Crippen LogP contribution in [-0.2, 0) is 0 Å². The fourth-order valence-electron chi connectivity index (χ4n) is 2.04. The number of likely N-dealkylation sites (N-methyl/N-ethyl adjacent to an activating group) is 1. The van der Waals surface area contributed by atoms with E-state index in [0.717, 1.165) is 19.6 Å². The molecule has 0 heterocycles. The molecule has 1 rings (SSSR count). The molecular formula is C16H28N2. The standard InChI is InChI=1S/C16H28N2/c1-4-5-6-7-11-17-12-13-18(3)16-10-8-9-15(2)14-16/h8-10,14,17H,4-7,11-13H2,1-3H3. The van der Waals surface area contributed by atoms with Crippen molar-refractivity contribution >= 4 is 5.69 Å². The Morgan fingerprint density at radius 2 is 1.94 bits per heavy atom. The summed E-state index contributed by atoms with van der Waals surface area (Å²) in [5, 5.41) is 3.52. The Morgan fingerprint density at radius 1 is 1.11 bits per heavy atom. The molecule has 0 bridgehead atoms. The third kappa shape index (κ3) is 6.06. The molecule has 0 saturated heterocycles. The van der Waals surface area contributed by atoms with E-state index in [1.165, 1.54) is 36.9 Å². The van der Waals surface area contributed by atoms with Crippen LogP contribution in [0.1, 0.15) is 38.2 Å². The Kier molecular flexibility index (Phi) is 7.51. The number of nitrogens with zero attached hydrogens (tertiary/aromatic N) is 1. The minimum Gasteiger partial charge on any atom is -0.373 e. The zero-order valence-electron chi connectivity index (χ0n) is 12.2. The smallest absolute Gasteiger partial charge is 0.0366 e. The first-order valence-corrected chi connectivity index (χ1v) is 7.22. The summed E-state index contributed by atoms with van der Waals surface area (Å²) in [4.78, 5) is 2.31. The number of nitrogens with one attached hydrogen (secondary N) is 1. The maximum absolute atomic E-state index is 3.52. The molecule has 0 saturated carbocycles. The highest BCUT2D eigenvalue weighted by Crippen LogP contribution is 2.13. The average molecular weight is 248 g/mol. The Morgan fingerprint density at radius 3 is 2.67 bits per heavy atom. The molecule has 0 aromatic heterocycles. The number of rotatable bonds is 9. The zero-order valence-corrected chi connectivity index (χ0v) is 12.2. The van der Waals surface area contributed by atoms with Gasteiger partial charge in [0.2, 0.25) is 0 Å². The molecule has 0 aliphatic rings. The van der Waals surface area contributed by atoms with E-state index < -0.39 is 0 Å². The molecule has 0 aliphatic carbocycles. The Balaban J connectivity index is 2.12. The van der Waals surface area contributed by atoms with Gasteiger partial charge < -0.3 is 10.2 Å². The summed E-state index contributed by atoms with van der Waals surface area (Å²) in [7, 11) is 2.16. The molecule has 0 radical (unpaired) electrons. The highest BCUT2D eigenvalue weighted by Gasteiger charge is 1.99. The highest BCUT2D eigenvalue weighted by molar-refractivity contribution is 5.47. The van der Waals surface area contributed by atoms with E-state index in [4.69, 9.17) is 0 Å². The van der Waals surface area contributed by atoms with Crippen LogP contribution in [-0.4, -0.2) is 26.7 Å². The van der Waals surface area contributed by atoms with Crippen molar-refractivity contribution in [1.82, 2.24) is 5.32 Å². The van der Waals surface area contributed by atoms with E-state index in [-0.39, 0.29) is 0 Å². The van der Waals surface area contributed by atoms with Gasteiger partial charge in [-0.25, -0.2) is 0 Å². The van der Waals surface area contributed by atoms with E-state index in [1.54, 1.807) is 0 Å². The fraction of sp³-hybridized carbons (Fsp3) is 0.625. The lowest BCUT2D eigenvalue weighted by Crippen LogP contribution is -2.29. The quantitative estimate of drug-likeness (QED) is 0.672. The SMILES string of the molecule is CCCCCCNCCN(C)c1cccc(C)c1. The zero-order chi connectivity index (χ0) is 13.2. The van der Waals surface area contributed by atoms with Crippen LogP contribution in [0, 0.1) is 6.92 Å². The topological polar surface area (TPSA) is 15.3 Å². The van der Waals surface area contributed by atoms with Crippen LogP contribution in [0.4, 0.5) is 5.69 Å². The van der Waals surface area contributed by atoms with Crippen molar-refractivity contribution < 1.29 is 0 Å². The van der Waals surface area contributed by atoms with Crippen molar-refractivity contribution in [2.24, 2.45) is 0 Å². The minimum atomic E-state index is 1.07. The van der Waals surface area contributed by atoms with Crippen molar-refractivity contribution in [1.29, 1.82) is 0 Å². The van der Waals surface area contributed by atoms with E-state index in [9.17, 15) is 0 Å². The number of unbranched alkanes of at least 4 members (excludes halogenated alkanes) is 3. The normalized spacial score (nSPS) is 10.6. The van der Waals surface area contributed by atoms with Gasteiger partial charge in [0.25, 0.3) is 0 Å². The van der Waals surface area contributed by atoms with Crippen molar-refractivity contribution in [3.63, 3.8) is 0 Å². The molecule has 0 unspecified atom stereocenters. The second-order valence-corrected chi connectivity index (χ2v) is 5.07. The van der Waals surface area contributed by atoms with Gasteiger partial charge in [-0.3, -0.25) is 0 Å². The number of anilines is 1. The summed E-state index contributed by atoms with van der Waals surface area (Å²) in [6.45, 7) is 7.68. The Bertz CT molecular complexity index is 323. The van der Waals surface area contributed by atoms with Gasteiger partial charge in [0.1, 0.15) is 0 Å². The van der Waals surface area contributed by atoms with Crippen LogP contribution in [0.15, 0.2) is 24.3 Å². The molecule has 0 fully saturated rings. The second-order valence-electron chi connectivity index (χ2n) is 5.07. The number of hydrogen-bond donors (Lipinski definition) is 1. The van der Waals surface area contributed by atoms with Gasteiger partial charge >= 0.3 is 0 Å². The lowest BCUT2D eigenvalue weighted by Gasteiger charge is -2.20. The third-order valence-corrected chi connectivity index (χ3v) is 3.27. The van der Waals surface area contributed by atoms with Crippen LogP contribution in [0.2, 0.25) is 0 Å². The molecule has 1 aromatic carbocycles. The summed E-state index contributed by atoms with van der Waals surface area (Å²) in [5.41, 5.74) is 2.63. The van der Waals surface area contributed by atoms with Crippen molar-refractivity contribution in [3.05, 3.63) is 29.8 Å². The number of benzene rings is 1. The van der Waals surface area contributed by atoms with Crippen molar-refractivity contribution in [2.75, 3.05) is 31.6 Å². The molecule has 2 nitrogen and oxygen atoms in total. The molecule has 1 aromatic rings. The van der Waals surface area contributed by atoms with Gasteiger partial charge in [0.15, 0.2) is 0 Å². The highest BCUT2D eigenvalue weighted by atomic mass is 15.1. The van der Waals surface area contributed by atoms with Gasteiger partial charge in [0.05, 0.1) is 0 Å². The van der Waals surface area contributed by atoms with Crippen LogP contribution in [0.3, 0.4) is 0 Å². The first-order chi connectivity index (χ1) is 8.74.